The molecule has 2 nitrogen and oxygen atoms in total. The summed E-state index contributed by atoms with van der Waals surface area (Å²) in [5.41, 5.74) is 4.07. The van der Waals surface area contributed by atoms with E-state index in [1.165, 1.54) is 16.7 Å². The van der Waals surface area contributed by atoms with Crippen LogP contribution in [0.4, 0.5) is 0 Å². The fourth-order valence-electron chi connectivity index (χ4n) is 3.47. The summed E-state index contributed by atoms with van der Waals surface area (Å²) in [4.78, 5) is 16.2. The number of allylic oxidation sites excluding steroid dienone is 2. The number of Topliss-reactive ketones (excluding diaryl/α,β-unsaturated/α-hetero) is 1. The first-order valence-electron chi connectivity index (χ1n) is 8.49. The third kappa shape index (κ3) is 4.77. The highest BCUT2D eigenvalue weighted by Gasteiger charge is 2.23. The van der Waals surface area contributed by atoms with Gasteiger partial charge in [0, 0.05) is 5.92 Å². The van der Waals surface area contributed by atoms with Crippen molar-refractivity contribution >= 4 is 17.2 Å². The zero-order valence-electron chi connectivity index (χ0n) is 14.5. The molecular formula is C21H27NO. The van der Waals surface area contributed by atoms with Gasteiger partial charge in [0.25, 0.3) is 0 Å². The van der Waals surface area contributed by atoms with Crippen molar-refractivity contribution in [3.05, 3.63) is 48.0 Å². The fourth-order valence-corrected chi connectivity index (χ4v) is 3.47. The van der Waals surface area contributed by atoms with Crippen molar-refractivity contribution < 1.29 is 4.79 Å². The van der Waals surface area contributed by atoms with E-state index in [2.05, 4.69) is 61.6 Å². The first kappa shape index (κ1) is 17.4. The summed E-state index contributed by atoms with van der Waals surface area (Å²) >= 11 is 0. The monoisotopic (exact) mass is 309 g/mol. The smallest absolute Gasteiger partial charge is 0.133 e. The Labute approximate surface area is 140 Å². The molecule has 0 aliphatic heterocycles. The summed E-state index contributed by atoms with van der Waals surface area (Å²) in [6, 6.07) is 8.60. The van der Waals surface area contributed by atoms with E-state index in [9.17, 15) is 4.79 Å². The molecule has 2 unspecified atom stereocenters. The van der Waals surface area contributed by atoms with Crippen LogP contribution in [0, 0.1) is 17.8 Å². The molecule has 2 heteroatoms. The lowest BCUT2D eigenvalue weighted by Crippen LogP contribution is -2.18. The first-order chi connectivity index (χ1) is 11.0. The van der Waals surface area contributed by atoms with E-state index in [1.807, 2.05) is 0 Å². The number of hydrogen-bond acceptors (Lipinski definition) is 2. The Morgan fingerprint density at radius 3 is 2.87 bits per heavy atom. The van der Waals surface area contributed by atoms with E-state index in [4.69, 9.17) is 0 Å². The molecule has 0 N–H and O–H groups in total. The summed E-state index contributed by atoms with van der Waals surface area (Å²) in [6.45, 7) is 10.3. The van der Waals surface area contributed by atoms with E-state index in [1.54, 1.807) is 6.92 Å². The standard InChI is InChI=1S/C21H27NO/c1-5-22-14-16(3)12-19(17(4)23)13-20-11-15(2)10-18-8-6-7-9-21(18)20/h6-9,11,15-16,19H,1,10,12-14H2,2-4H3/t15?,16?,19-/m1/s1. The minimum absolute atomic E-state index is 0.0645. The molecule has 1 aromatic carbocycles. The lowest BCUT2D eigenvalue weighted by molar-refractivity contribution is -0.121. The summed E-state index contributed by atoms with van der Waals surface area (Å²) in [5.74, 6) is 3.83. The van der Waals surface area contributed by atoms with Gasteiger partial charge in [0.15, 0.2) is 0 Å². The second kappa shape index (κ2) is 8.08. The van der Waals surface area contributed by atoms with Gasteiger partial charge in [0.05, 0.1) is 6.54 Å². The molecule has 0 amide bonds. The van der Waals surface area contributed by atoms with Crippen LogP contribution in [0.1, 0.15) is 44.7 Å². The Kier molecular flexibility index (Phi) is 6.12. The fraction of sp³-hybridized carbons (Fsp3) is 0.476. The molecule has 0 bridgehead atoms. The number of rotatable bonds is 7. The Morgan fingerprint density at radius 1 is 1.43 bits per heavy atom. The Morgan fingerprint density at radius 2 is 2.17 bits per heavy atom. The summed E-state index contributed by atoms with van der Waals surface area (Å²) in [5, 5.41) is 0. The molecule has 0 aromatic heterocycles. The largest absolute Gasteiger partial charge is 0.300 e. The molecule has 1 aliphatic rings. The predicted octanol–water partition coefficient (Wildman–Crippen LogP) is 4.74. The molecule has 0 saturated carbocycles. The molecule has 23 heavy (non-hydrogen) atoms. The van der Waals surface area contributed by atoms with E-state index < -0.39 is 0 Å². The normalized spacial score (nSPS) is 19.1. The molecule has 122 valence electrons. The first-order valence-corrected chi connectivity index (χ1v) is 8.49. The molecule has 3 atom stereocenters. The van der Waals surface area contributed by atoms with Crippen LogP contribution in [0.3, 0.4) is 0 Å². The lowest BCUT2D eigenvalue weighted by atomic mass is 9.79. The topological polar surface area (TPSA) is 29.4 Å². The predicted molar refractivity (Wildman–Crippen MR) is 97.8 cm³/mol. The maximum Gasteiger partial charge on any atom is 0.133 e. The minimum Gasteiger partial charge on any atom is -0.300 e. The molecule has 1 aliphatic carbocycles. The van der Waals surface area contributed by atoms with Crippen molar-refractivity contribution in [1.82, 2.24) is 0 Å². The lowest BCUT2D eigenvalue weighted by Gasteiger charge is -2.25. The quantitative estimate of drug-likeness (QED) is 0.669. The third-order valence-electron chi connectivity index (χ3n) is 4.63. The van der Waals surface area contributed by atoms with Gasteiger partial charge in [-0.25, -0.2) is 4.99 Å². The number of carbonyl (C=O) groups is 1. The van der Waals surface area contributed by atoms with E-state index in [0.29, 0.717) is 18.4 Å². The second-order valence-corrected chi connectivity index (χ2v) is 6.88. The van der Waals surface area contributed by atoms with Crippen LogP contribution < -0.4 is 0 Å². The Bertz CT molecular complexity index is 637. The van der Waals surface area contributed by atoms with Crippen LogP contribution in [-0.4, -0.2) is 18.2 Å². The van der Waals surface area contributed by atoms with Gasteiger partial charge in [-0.05, 0) is 67.2 Å². The van der Waals surface area contributed by atoms with Crippen LogP contribution in [0.2, 0.25) is 0 Å². The Balaban J connectivity index is 2.16. The highest BCUT2D eigenvalue weighted by Crippen LogP contribution is 2.35. The van der Waals surface area contributed by atoms with E-state index in [-0.39, 0.29) is 11.7 Å². The summed E-state index contributed by atoms with van der Waals surface area (Å²) < 4.78 is 0. The van der Waals surface area contributed by atoms with Crippen LogP contribution in [0.15, 0.2) is 41.9 Å². The third-order valence-corrected chi connectivity index (χ3v) is 4.63. The average molecular weight is 309 g/mol. The molecule has 1 aromatic rings. The van der Waals surface area contributed by atoms with Crippen LogP contribution >= 0.6 is 0 Å². The molecule has 0 saturated heterocycles. The van der Waals surface area contributed by atoms with Crippen molar-refractivity contribution in [1.29, 1.82) is 0 Å². The van der Waals surface area contributed by atoms with Crippen molar-refractivity contribution in [2.24, 2.45) is 22.7 Å². The van der Waals surface area contributed by atoms with Gasteiger partial charge in [-0.15, -0.1) is 0 Å². The zero-order valence-corrected chi connectivity index (χ0v) is 14.5. The van der Waals surface area contributed by atoms with Crippen LogP contribution in [0.5, 0.6) is 0 Å². The molecule has 0 spiro atoms. The van der Waals surface area contributed by atoms with Crippen LogP contribution in [-0.2, 0) is 11.2 Å². The number of fused-ring (bicyclic) bond motifs is 1. The summed E-state index contributed by atoms with van der Waals surface area (Å²) in [7, 11) is 0. The Hall–Kier alpha value is -1.92. The van der Waals surface area contributed by atoms with E-state index >= 15 is 0 Å². The van der Waals surface area contributed by atoms with Gasteiger partial charge in [0.1, 0.15) is 5.78 Å². The number of nitrogens with zero attached hydrogens (tertiary/aromatic N) is 1. The number of benzene rings is 1. The molecule has 0 radical (unpaired) electrons. The molecule has 0 fully saturated rings. The van der Waals surface area contributed by atoms with Gasteiger partial charge in [-0.3, -0.25) is 4.79 Å². The number of carbonyl (C=O) groups excluding carboxylic acids is 1. The maximum atomic E-state index is 12.1. The van der Waals surface area contributed by atoms with Gasteiger partial charge in [-0.2, -0.15) is 0 Å². The number of aliphatic imine (C=N–C) groups is 1. The van der Waals surface area contributed by atoms with E-state index in [0.717, 1.165) is 19.3 Å². The summed E-state index contributed by atoms with van der Waals surface area (Å²) in [6.07, 6.45) is 5.15. The van der Waals surface area contributed by atoms with Gasteiger partial charge in [0.2, 0.25) is 0 Å². The maximum absolute atomic E-state index is 12.1. The molecule has 2 rings (SSSR count). The van der Waals surface area contributed by atoms with Crippen molar-refractivity contribution in [2.45, 2.75) is 40.0 Å². The SMILES string of the molecule is C=C=NCC(C)C[C@H](CC1=CC(C)Cc2ccccc21)C(C)=O. The number of hydrogen-bond donors (Lipinski definition) is 0. The highest BCUT2D eigenvalue weighted by atomic mass is 16.1. The highest BCUT2D eigenvalue weighted by molar-refractivity contribution is 5.82. The number of ketones is 1. The van der Waals surface area contributed by atoms with Crippen molar-refractivity contribution in [3.63, 3.8) is 0 Å². The molecular weight excluding hydrogens is 282 g/mol. The molecule has 0 heterocycles. The van der Waals surface area contributed by atoms with Gasteiger partial charge in [-0.1, -0.05) is 44.2 Å². The minimum atomic E-state index is 0.0645. The average Bonchev–Trinajstić information content (AvgIpc) is 2.52. The van der Waals surface area contributed by atoms with Crippen LogP contribution in [0.25, 0.3) is 5.57 Å². The van der Waals surface area contributed by atoms with Gasteiger partial charge < -0.3 is 0 Å². The zero-order chi connectivity index (χ0) is 16.8. The van der Waals surface area contributed by atoms with Crippen molar-refractivity contribution in [3.8, 4) is 0 Å². The van der Waals surface area contributed by atoms with Crippen molar-refractivity contribution in [2.75, 3.05) is 6.54 Å². The second-order valence-electron chi connectivity index (χ2n) is 6.88. The van der Waals surface area contributed by atoms with Gasteiger partial charge >= 0.3 is 0 Å².